The van der Waals surface area contributed by atoms with Crippen molar-refractivity contribution in [2.45, 2.75) is 19.5 Å². The third kappa shape index (κ3) is 3.78. The van der Waals surface area contributed by atoms with Crippen molar-refractivity contribution in [3.63, 3.8) is 0 Å². The fraction of sp³-hybridized carbons (Fsp3) is 0.231. The second kappa shape index (κ2) is 6.14. The SMILES string of the molecule is O=c1cc(CCc2ccc(OC(F)F)cc2)[nH][nH]c1=O. The van der Waals surface area contributed by atoms with E-state index in [0.29, 0.717) is 18.5 Å². The van der Waals surface area contributed by atoms with Crippen LogP contribution in [0.2, 0.25) is 0 Å². The first-order valence-electron chi connectivity index (χ1n) is 5.89. The van der Waals surface area contributed by atoms with Gasteiger partial charge in [0.2, 0.25) is 5.43 Å². The fourth-order valence-corrected chi connectivity index (χ4v) is 1.71. The lowest BCUT2D eigenvalue weighted by atomic mass is 10.1. The van der Waals surface area contributed by atoms with Gasteiger partial charge in [0.15, 0.2) is 0 Å². The van der Waals surface area contributed by atoms with Crippen LogP contribution in [-0.4, -0.2) is 16.8 Å². The highest BCUT2D eigenvalue weighted by Gasteiger charge is 2.04. The summed E-state index contributed by atoms with van der Waals surface area (Å²) in [5.74, 6) is 0.0983. The number of halogens is 2. The van der Waals surface area contributed by atoms with Gasteiger partial charge in [-0.1, -0.05) is 12.1 Å². The van der Waals surface area contributed by atoms with Crippen LogP contribution in [0.4, 0.5) is 8.78 Å². The molecule has 1 aromatic heterocycles. The fourth-order valence-electron chi connectivity index (χ4n) is 1.71. The molecule has 0 saturated carbocycles. The van der Waals surface area contributed by atoms with Crippen molar-refractivity contribution in [2.24, 2.45) is 0 Å². The molecule has 0 bridgehead atoms. The van der Waals surface area contributed by atoms with Gasteiger partial charge in [0.1, 0.15) is 5.75 Å². The maximum atomic E-state index is 12.0. The summed E-state index contributed by atoms with van der Waals surface area (Å²) < 4.78 is 28.2. The van der Waals surface area contributed by atoms with Gasteiger partial charge in [-0.3, -0.25) is 14.7 Å². The molecule has 2 rings (SSSR count). The maximum Gasteiger partial charge on any atom is 0.387 e. The van der Waals surface area contributed by atoms with Crippen LogP contribution in [0.5, 0.6) is 5.75 Å². The Hall–Kier alpha value is -2.44. The summed E-state index contributed by atoms with van der Waals surface area (Å²) >= 11 is 0. The number of hydrogen-bond acceptors (Lipinski definition) is 3. The molecule has 2 N–H and O–H groups in total. The van der Waals surface area contributed by atoms with Gasteiger partial charge in [-0.25, -0.2) is 0 Å². The monoisotopic (exact) mass is 282 g/mol. The molecule has 0 spiro atoms. The average Bonchev–Trinajstić information content (AvgIpc) is 2.41. The summed E-state index contributed by atoms with van der Waals surface area (Å²) in [6, 6.07) is 7.49. The van der Waals surface area contributed by atoms with E-state index in [9.17, 15) is 18.4 Å². The third-order valence-electron chi connectivity index (χ3n) is 2.70. The Kier molecular flexibility index (Phi) is 4.29. The minimum atomic E-state index is -2.84. The summed E-state index contributed by atoms with van der Waals surface area (Å²) in [5.41, 5.74) is 0.211. The second-order valence-corrected chi connectivity index (χ2v) is 4.14. The van der Waals surface area contributed by atoms with E-state index in [-0.39, 0.29) is 5.75 Å². The molecule has 0 saturated heterocycles. The number of alkyl halides is 2. The number of rotatable bonds is 5. The predicted molar refractivity (Wildman–Crippen MR) is 68.2 cm³/mol. The summed E-state index contributed by atoms with van der Waals surface area (Å²) in [6.45, 7) is -2.84. The zero-order chi connectivity index (χ0) is 14.5. The number of aryl methyl sites for hydroxylation is 2. The Balaban J connectivity index is 1.98. The lowest BCUT2D eigenvalue weighted by Gasteiger charge is -2.06. The van der Waals surface area contributed by atoms with Gasteiger partial charge in [0.05, 0.1) is 0 Å². The first-order chi connectivity index (χ1) is 9.54. The van der Waals surface area contributed by atoms with Crippen LogP contribution < -0.4 is 15.7 Å². The molecule has 0 fully saturated rings. The molecule has 0 unspecified atom stereocenters. The van der Waals surface area contributed by atoms with Crippen LogP contribution in [0.1, 0.15) is 11.3 Å². The lowest BCUT2D eigenvalue weighted by Crippen LogP contribution is -2.27. The number of H-pyrrole nitrogens is 2. The van der Waals surface area contributed by atoms with E-state index < -0.39 is 17.6 Å². The molecule has 0 aliphatic carbocycles. The molecule has 1 aromatic carbocycles. The van der Waals surface area contributed by atoms with Gasteiger partial charge in [0.25, 0.3) is 0 Å². The molecule has 0 aliphatic heterocycles. The van der Waals surface area contributed by atoms with Crippen LogP contribution in [0, 0.1) is 0 Å². The molecule has 2 aromatic rings. The van der Waals surface area contributed by atoms with E-state index in [1.54, 1.807) is 12.1 Å². The third-order valence-corrected chi connectivity index (χ3v) is 2.70. The van der Waals surface area contributed by atoms with E-state index >= 15 is 0 Å². The molecule has 7 heteroatoms. The zero-order valence-corrected chi connectivity index (χ0v) is 10.4. The molecule has 5 nitrogen and oxygen atoms in total. The second-order valence-electron chi connectivity index (χ2n) is 4.14. The Morgan fingerprint density at radius 2 is 1.75 bits per heavy atom. The van der Waals surface area contributed by atoms with E-state index in [1.165, 1.54) is 18.2 Å². The van der Waals surface area contributed by atoms with Gasteiger partial charge in [-0.15, -0.1) is 0 Å². The van der Waals surface area contributed by atoms with E-state index in [0.717, 1.165) is 5.56 Å². The molecule has 106 valence electrons. The summed E-state index contributed by atoms with van der Waals surface area (Å²) in [4.78, 5) is 22.0. The topological polar surface area (TPSA) is 75.0 Å². The highest BCUT2D eigenvalue weighted by molar-refractivity contribution is 5.27. The zero-order valence-electron chi connectivity index (χ0n) is 10.4. The molecule has 0 aliphatic rings. The molecule has 0 amide bonds. The number of nitrogens with one attached hydrogen (secondary N) is 2. The number of ether oxygens (including phenoxy) is 1. The van der Waals surface area contributed by atoms with Gasteiger partial charge < -0.3 is 9.84 Å². The number of hydrogen-bond donors (Lipinski definition) is 2. The molecule has 0 atom stereocenters. The molecular formula is C13H12F2N2O3. The minimum Gasteiger partial charge on any atom is -0.435 e. The smallest absolute Gasteiger partial charge is 0.387 e. The highest BCUT2D eigenvalue weighted by Crippen LogP contribution is 2.15. The summed E-state index contributed by atoms with van der Waals surface area (Å²) in [5, 5.41) is 4.86. The average molecular weight is 282 g/mol. The maximum absolute atomic E-state index is 12.0. The van der Waals surface area contributed by atoms with Crippen molar-refractivity contribution in [3.05, 3.63) is 62.2 Å². The highest BCUT2D eigenvalue weighted by atomic mass is 19.3. The molecule has 20 heavy (non-hydrogen) atoms. The van der Waals surface area contributed by atoms with Crippen LogP contribution in [0.15, 0.2) is 39.9 Å². The predicted octanol–water partition coefficient (Wildman–Crippen LogP) is 1.45. The van der Waals surface area contributed by atoms with Crippen molar-refractivity contribution < 1.29 is 13.5 Å². The van der Waals surface area contributed by atoms with Crippen molar-refractivity contribution in [1.29, 1.82) is 0 Å². The lowest BCUT2D eigenvalue weighted by molar-refractivity contribution is -0.0498. The van der Waals surface area contributed by atoms with Crippen LogP contribution >= 0.6 is 0 Å². The largest absolute Gasteiger partial charge is 0.435 e. The van der Waals surface area contributed by atoms with Crippen LogP contribution in [-0.2, 0) is 12.8 Å². The Bertz CT molecular complexity index is 677. The summed E-state index contributed by atoms with van der Waals surface area (Å²) in [6.07, 6.45) is 1.11. The van der Waals surface area contributed by atoms with Crippen molar-refractivity contribution >= 4 is 0 Å². The van der Waals surface area contributed by atoms with Gasteiger partial charge in [0, 0.05) is 11.8 Å². The molecular weight excluding hydrogens is 270 g/mol. The van der Waals surface area contributed by atoms with Crippen LogP contribution in [0.25, 0.3) is 0 Å². The Morgan fingerprint density at radius 3 is 2.35 bits per heavy atom. The molecule has 0 radical (unpaired) electrons. The molecule has 1 heterocycles. The standard InChI is InChI=1S/C13H12F2N2O3/c14-13(15)20-10-5-2-8(3-6-10)1-4-9-7-11(18)12(19)17-16-9/h2-3,5-7,13H,1,4H2,(H,16,18)(H,17,19). The Labute approximate surface area is 112 Å². The van der Waals surface area contributed by atoms with E-state index in [1.807, 2.05) is 0 Å². The van der Waals surface area contributed by atoms with E-state index in [4.69, 9.17) is 0 Å². The van der Waals surface area contributed by atoms with Crippen molar-refractivity contribution in [2.75, 3.05) is 0 Å². The van der Waals surface area contributed by atoms with E-state index in [2.05, 4.69) is 14.9 Å². The van der Waals surface area contributed by atoms with Gasteiger partial charge in [-0.2, -0.15) is 8.78 Å². The van der Waals surface area contributed by atoms with Crippen molar-refractivity contribution in [3.8, 4) is 5.75 Å². The Morgan fingerprint density at radius 1 is 1.05 bits per heavy atom. The quantitative estimate of drug-likeness (QED) is 0.815. The van der Waals surface area contributed by atoms with Gasteiger partial charge >= 0.3 is 12.2 Å². The minimum absolute atomic E-state index is 0.0983. The number of aromatic amines is 2. The first-order valence-corrected chi connectivity index (χ1v) is 5.89. The normalized spacial score (nSPS) is 10.8. The van der Waals surface area contributed by atoms with Crippen molar-refractivity contribution in [1.82, 2.24) is 10.2 Å². The number of benzene rings is 1. The number of aromatic nitrogens is 2. The van der Waals surface area contributed by atoms with Gasteiger partial charge in [-0.05, 0) is 30.5 Å². The van der Waals surface area contributed by atoms with Crippen LogP contribution in [0.3, 0.4) is 0 Å². The summed E-state index contributed by atoms with van der Waals surface area (Å²) in [7, 11) is 0. The first kappa shape index (κ1) is 14.0.